The van der Waals surface area contributed by atoms with Crippen LogP contribution in [0.3, 0.4) is 0 Å². The number of piperazine rings is 1. The first-order chi connectivity index (χ1) is 16.3. The van der Waals surface area contributed by atoms with E-state index in [0.717, 1.165) is 60.6 Å². The molecule has 7 nitrogen and oxygen atoms in total. The van der Waals surface area contributed by atoms with Crippen molar-refractivity contribution in [1.82, 2.24) is 19.2 Å². The van der Waals surface area contributed by atoms with E-state index in [0.29, 0.717) is 11.4 Å². The van der Waals surface area contributed by atoms with E-state index < -0.39 is 0 Å². The fourth-order valence-electron chi connectivity index (χ4n) is 4.94. The molecule has 1 fully saturated rings. The lowest BCUT2D eigenvalue weighted by Crippen LogP contribution is -2.47. The summed E-state index contributed by atoms with van der Waals surface area (Å²) in [5.41, 5.74) is 5.73. The molecule has 1 aliphatic heterocycles. The van der Waals surface area contributed by atoms with Crippen LogP contribution in [0.2, 0.25) is 0 Å². The highest BCUT2D eigenvalue weighted by atomic mass is 16.5. The molecule has 0 aliphatic carbocycles. The summed E-state index contributed by atoms with van der Waals surface area (Å²) >= 11 is 0. The Labute approximate surface area is 202 Å². The van der Waals surface area contributed by atoms with Gasteiger partial charge in [-0.15, -0.1) is 0 Å². The second-order valence-corrected chi connectivity index (χ2v) is 9.24. The summed E-state index contributed by atoms with van der Waals surface area (Å²) < 4.78 is 13.2. The fourth-order valence-corrected chi connectivity index (χ4v) is 4.94. The summed E-state index contributed by atoms with van der Waals surface area (Å²) in [6.07, 6.45) is 3.68. The summed E-state index contributed by atoms with van der Waals surface area (Å²) in [6.45, 7) is 15.5. The van der Waals surface area contributed by atoms with Crippen molar-refractivity contribution in [2.75, 3.05) is 39.8 Å². The number of esters is 1. The number of pyridine rings is 2. The first-order valence-corrected chi connectivity index (χ1v) is 12.2. The zero-order chi connectivity index (χ0) is 24.4. The monoisotopic (exact) mass is 464 g/mol. The second kappa shape index (κ2) is 10.2. The number of fused-ring (bicyclic) bond motifs is 1. The Morgan fingerprint density at radius 1 is 1.12 bits per heavy atom. The van der Waals surface area contributed by atoms with Crippen LogP contribution in [-0.2, 0) is 4.74 Å². The molecule has 0 radical (unpaired) electrons. The van der Waals surface area contributed by atoms with Crippen molar-refractivity contribution in [2.45, 2.75) is 46.8 Å². The van der Waals surface area contributed by atoms with E-state index in [9.17, 15) is 4.79 Å². The number of carbonyl (C=O) groups excluding carboxylic acids is 1. The highest BCUT2D eigenvalue weighted by molar-refractivity contribution is 5.95. The average Bonchev–Trinajstić information content (AvgIpc) is 3.26. The van der Waals surface area contributed by atoms with Crippen LogP contribution in [-0.4, -0.2) is 71.1 Å². The van der Waals surface area contributed by atoms with Gasteiger partial charge in [0.25, 0.3) is 0 Å². The molecule has 0 amide bonds. The van der Waals surface area contributed by atoms with Gasteiger partial charge in [-0.3, -0.25) is 4.90 Å². The molecule has 34 heavy (non-hydrogen) atoms. The number of methoxy groups -OCH3 is 1. The highest BCUT2D eigenvalue weighted by Crippen LogP contribution is 2.34. The predicted molar refractivity (Wildman–Crippen MR) is 135 cm³/mol. The molecule has 0 spiro atoms. The van der Waals surface area contributed by atoms with Crippen molar-refractivity contribution in [3.63, 3.8) is 0 Å². The van der Waals surface area contributed by atoms with Crippen LogP contribution in [0.1, 0.15) is 55.4 Å². The first-order valence-electron chi connectivity index (χ1n) is 12.2. The number of hydrogen-bond donors (Lipinski definition) is 0. The first kappa shape index (κ1) is 24.2. The lowest BCUT2D eigenvalue weighted by atomic mass is 9.99. The molecule has 182 valence electrons. The SMILES string of the molecule is CCN1CCN(C(C)c2c(C)c(C(=O)OC(C)C)cc3c(-c4ccnc(OC)c4)ccn23)CC1. The third-order valence-electron chi connectivity index (χ3n) is 6.87. The van der Waals surface area contributed by atoms with E-state index >= 15 is 0 Å². The minimum Gasteiger partial charge on any atom is -0.481 e. The van der Waals surface area contributed by atoms with E-state index in [2.05, 4.69) is 45.3 Å². The smallest absolute Gasteiger partial charge is 0.338 e. The third-order valence-corrected chi connectivity index (χ3v) is 6.87. The molecule has 4 heterocycles. The zero-order valence-corrected chi connectivity index (χ0v) is 21.2. The maximum atomic E-state index is 13.1. The Kier molecular flexibility index (Phi) is 7.24. The molecule has 0 N–H and O–H groups in total. The minimum atomic E-state index is -0.279. The highest BCUT2D eigenvalue weighted by Gasteiger charge is 2.27. The van der Waals surface area contributed by atoms with Crippen molar-refractivity contribution in [2.24, 2.45) is 0 Å². The maximum absolute atomic E-state index is 13.1. The van der Waals surface area contributed by atoms with E-state index in [4.69, 9.17) is 9.47 Å². The van der Waals surface area contributed by atoms with Gasteiger partial charge in [-0.1, -0.05) is 6.92 Å². The number of nitrogens with zero attached hydrogens (tertiary/aromatic N) is 4. The molecule has 1 aliphatic rings. The Morgan fingerprint density at radius 3 is 2.50 bits per heavy atom. The van der Waals surface area contributed by atoms with Gasteiger partial charge < -0.3 is 18.8 Å². The van der Waals surface area contributed by atoms with Crippen molar-refractivity contribution in [1.29, 1.82) is 0 Å². The van der Waals surface area contributed by atoms with Crippen LogP contribution in [0.15, 0.2) is 36.7 Å². The molecule has 3 aromatic heterocycles. The van der Waals surface area contributed by atoms with Gasteiger partial charge in [-0.25, -0.2) is 9.78 Å². The van der Waals surface area contributed by atoms with Gasteiger partial charge in [-0.05, 0) is 63.6 Å². The normalized spacial score (nSPS) is 16.2. The number of likely N-dealkylation sites (N-methyl/N-ethyl adjacent to an activating group) is 1. The molecular weight excluding hydrogens is 428 g/mol. The van der Waals surface area contributed by atoms with Crippen molar-refractivity contribution >= 4 is 11.5 Å². The van der Waals surface area contributed by atoms with E-state index in [1.54, 1.807) is 13.3 Å². The third kappa shape index (κ3) is 4.68. The molecule has 7 heteroatoms. The molecule has 4 rings (SSSR count). The Bertz CT molecular complexity index is 1160. The zero-order valence-electron chi connectivity index (χ0n) is 21.2. The summed E-state index contributed by atoms with van der Waals surface area (Å²) in [5.74, 6) is 0.282. The van der Waals surface area contributed by atoms with E-state index in [-0.39, 0.29) is 18.1 Å². The topological polar surface area (TPSA) is 59.3 Å². The minimum absolute atomic E-state index is 0.153. The summed E-state index contributed by atoms with van der Waals surface area (Å²) in [6, 6.07) is 8.12. The van der Waals surface area contributed by atoms with Crippen molar-refractivity contribution in [3.8, 4) is 17.0 Å². The number of rotatable bonds is 7. The van der Waals surface area contributed by atoms with E-state index in [1.807, 2.05) is 39.0 Å². The lowest BCUT2D eigenvalue weighted by Gasteiger charge is -2.38. The van der Waals surface area contributed by atoms with Crippen molar-refractivity contribution < 1.29 is 14.3 Å². The lowest BCUT2D eigenvalue weighted by molar-refractivity contribution is 0.0376. The van der Waals surface area contributed by atoms with Gasteiger partial charge in [0, 0.05) is 61.9 Å². The molecule has 3 aromatic rings. The predicted octanol–water partition coefficient (Wildman–Crippen LogP) is 4.58. The van der Waals surface area contributed by atoms with Gasteiger partial charge in [0.2, 0.25) is 5.88 Å². The van der Waals surface area contributed by atoms with Crippen LogP contribution in [0.5, 0.6) is 5.88 Å². The standard InChI is InChI=1S/C27H36N4O3/c1-7-29-12-14-30(15-13-29)20(5)26-19(4)23(27(32)34-18(2)3)17-24-22(9-11-31(24)26)21-8-10-28-25(16-21)33-6/h8-11,16-18,20H,7,12-15H2,1-6H3. The second-order valence-electron chi connectivity index (χ2n) is 9.24. The van der Waals surface area contributed by atoms with Crippen molar-refractivity contribution in [3.05, 3.63) is 53.5 Å². The van der Waals surface area contributed by atoms with Crippen LogP contribution in [0.25, 0.3) is 16.6 Å². The van der Waals surface area contributed by atoms with Crippen LogP contribution in [0, 0.1) is 6.92 Å². The van der Waals surface area contributed by atoms with Crippen LogP contribution in [0.4, 0.5) is 0 Å². The Morgan fingerprint density at radius 2 is 1.85 bits per heavy atom. The van der Waals surface area contributed by atoms with Gasteiger partial charge >= 0.3 is 5.97 Å². The Hall–Kier alpha value is -2.90. The van der Waals surface area contributed by atoms with Gasteiger partial charge in [0.1, 0.15) is 0 Å². The molecule has 0 aromatic carbocycles. The largest absolute Gasteiger partial charge is 0.481 e. The molecular formula is C27H36N4O3. The average molecular weight is 465 g/mol. The van der Waals surface area contributed by atoms with Crippen LogP contribution < -0.4 is 4.74 Å². The number of ether oxygens (including phenoxy) is 2. The number of aromatic nitrogens is 2. The summed E-state index contributed by atoms with van der Waals surface area (Å²) in [7, 11) is 1.62. The van der Waals surface area contributed by atoms with Crippen LogP contribution >= 0.6 is 0 Å². The summed E-state index contributed by atoms with van der Waals surface area (Å²) in [4.78, 5) is 22.4. The molecule has 1 unspecified atom stereocenters. The maximum Gasteiger partial charge on any atom is 0.338 e. The number of hydrogen-bond acceptors (Lipinski definition) is 6. The quantitative estimate of drug-likeness (QED) is 0.477. The number of carbonyl (C=O) groups is 1. The molecule has 1 atom stereocenters. The Balaban J connectivity index is 1.85. The van der Waals surface area contributed by atoms with Gasteiger partial charge in [0.05, 0.1) is 24.3 Å². The summed E-state index contributed by atoms with van der Waals surface area (Å²) in [5, 5.41) is 0. The van der Waals surface area contributed by atoms with E-state index in [1.165, 1.54) is 0 Å². The molecule has 1 saturated heterocycles. The molecule has 0 bridgehead atoms. The fraction of sp³-hybridized carbons (Fsp3) is 0.481. The molecule has 0 saturated carbocycles. The van der Waals surface area contributed by atoms with Gasteiger partial charge in [0.15, 0.2) is 0 Å². The van der Waals surface area contributed by atoms with Gasteiger partial charge in [-0.2, -0.15) is 0 Å².